The lowest BCUT2D eigenvalue weighted by Gasteiger charge is -2.10. The third kappa shape index (κ3) is 5.84. The van der Waals surface area contributed by atoms with Gasteiger partial charge < -0.3 is 15.5 Å². The zero-order chi connectivity index (χ0) is 16.7. The average molecular weight is 331 g/mol. The van der Waals surface area contributed by atoms with E-state index in [0.717, 1.165) is 12.1 Å². The van der Waals surface area contributed by atoms with Crippen LogP contribution in [0.15, 0.2) is 41.8 Å². The van der Waals surface area contributed by atoms with Crippen molar-refractivity contribution in [1.82, 2.24) is 15.5 Å². The Kier molecular flexibility index (Phi) is 6.31. The van der Waals surface area contributed by atoms with E-state index in [9.17, 15) is 9.59 Å². The Morgan fingerprint density at radius 1 is 1.04 bits per heavy atom. The van der Waals surface area contributed by atoms with Crippen molar-refractivity contribution in [3.05, 3.63) is 57.8 Å². The molecule has 0 unspecified atom stereocenters. The minimum atomic E-state index is -0.219. The summed E-state index contributed by atoms with van der Waals surface area (Å²) in [5, 5.41) is 7.23. The van der Waals surface area contributed by atoms with Crippen molar-refractivity contribution in [2.24, 2.45) is 0 Å². The van der Waals surface area contributed by atoms with Crippen LogP contribution < -0.4 is 10.6 Å². The minimum absolute atomic E-state index is 0.0184. The van der Waals surface area contributed by atoms with Gasteiger partial charge in [0.2, 0.25) is 5.91 Å². The van der Waals surface area contributed by atoms with Crippen LogP contribution in [0.1, 0.15) is 20.8 Å². The average Bonchev–Trinajstić information content (AvgIpc) is 3.06. The number of carbonyl (C=O) groups is 2. The van der Waals surface area contributed by atoms with Gasteiger partial charge in [-0.3, -0.25) is 9.59 Å². The molecule has 2 N–H and O–H groups in total. The molecular formula is C17H21N3O2S. The van der Waals surface area contributed by atoms with Crippen molar-refractivity contribution in [3.8, 4) is 0 Å². The Morgan fingerprint density at radius 2 is 1.74 bits per heavy atom. The second-order valence-electron chi connectivity index (χ2n) is 5.49. The molecule has 0 saturated carbocycles. The highest BCUT2D eigenvalue weighted by Gasteiger charge is 2.08. The van der Waals surface area contributed by atoms with Gasteiger partial charge in [0.05, 0.1) is 11.4 Å². The topological polar surface area (TPSA) is 61.4 Å². The number of amides is 2. The van der Waals surface area contributed by atoms with Crippen LogP contribution in [0.5, 0.6) is 0 Å². The van der Waals surface area contributed by atoms with Gasteiger partial charge in [-0.25, -0.2) is 0 Å². The van der Waals surface area contributed by atoms with Crippen molar-refractivity contribution in [2.45, 2.75) is 13.1 Å². The standard InChI is InChI=1S/C17H21N3O2S/c1-20(2)12-14-7-5-13(6-8-14)10-18-16(21)11-19-17(22)15-4-3-9-23-15/h3-9H,10-12H2,1-2H3,(H,18,21)(H,19,22). The number of thiophene rings is 1. The van der Waals surface area contributed by atoms with Gasteiger partial charge in [0.25, 0.3) is 5.91 Å². The van der Waals surface area contributed by atoms with E-state index < -0.39 is 0 Å². The number of nitrogens with zero attached hydrogens (tertiary/aromatic N) is 1. The number of rotatable bonds is 7. The van der Waals surface area contributed by atoms with Crippen LogP contribution in [-0.2, 0) is 17.9 Å². The Hall–Kier alpha value is -2.18. The molecule has 1 heterocycles. The summed E-state index contributed by atoms with van der Waals surface area (Å²) in [5.74, 6) is -0.421. The smallest absolute Gasteiger partial charge is 0.261 e. The summed E-state index contributed by atoms with van der Waals surface area (Å²) >= 11 is 1.35. The van der Waals surface area contributed by atoms with Crippen LogP contribution >= 0.6 is 11.3 Å². The molecule has 23 heavy (non-hydrogen) atoms. The molecule has 0 radical (unpaired) electrons. The van der Waals surface area contributed by atoms with Crippen LogP contribution in [0.4, 0.5) is 0 Å². The molecule has 1 aromatic heterocycles. The molecule has 0 atom stereocenters. The predicted octanol–water partition coefficient (Wildman–Crippen LogP) is 1.86. The van der Waals surface area contributed by atoms with Gasteiger partial charge in [-0.1, -0.05) is 30.3 Å². The molecule has 0 bridgehead atoms. The zero-order valence-electron chi connectivity index (χ0n) is 13.3. The molecule has 5 nitrogen and oxygen atoms in total. The fraction of sp³-hybridized carbons (Fsp3) is 0.294. The Bertz CT molecular complexity index is 636. The third-order valence-corrected chi connectivity index (χ3v) is 4.03. The van der Waals surface area contributed by atoms with Crippen LogP contribution in [-0.4, -0.2) is 37.4 Å². The van der Waals surface area contributed by atoms with Gasteiger partial charge in [-0.05, 0) is 36.7 Å². The summed E-state index contributed by atoms with van der Waals surface area (Å²) in [7, 11) is 4.05. The quantitative estimate of drug-likeness (QED) is 0.814. The Labute approximate surface area is 140 Å². The first-order valence-corrected chi connectivity index (χ1v) is 8.23. The van der Waals surface area contributed by atoms with Crippen molar-refractivity contribution in [3.63, 3.8) is 0 Å². The van der Waals surface area contributed by atoms with E-state index in [4.69, 9.17) is 0 Å². The Balaban J connectivity index is 1.72. The van der Waals surface area contributed by atoms with Crippen molar-refractivity contribution >= 4 is 23.2 Å². The van der Waals surface area contributed by atoms with E-state index >= 15 is 0 Å². The van der Waals surface area contributed by atoms with E-state index in [0.29, 0.717) is 11.4 Å². The van der Waals surface area contributed by atoms with Crippen LogP contribution in [0, 0.1) is 0 Å². The van der Waals surface area contributed by atoms with Crippen LogP contribution in [0.2, 0.25) is 0 Å². The number of carbonyl (C=O) groups excluding carboxylic acids is 2. The highest BCUT2D eigenvalue weighted by atomic mass is 32.1. The summed E-state index contributed by atoms with van der Waals surface area (Å²) < 4.78 is 0. The summed E-state index contributed by atoms with van der Waals surface area (Å²) in [6.07, 6.45) is 0. The van der Waals surface area contributed by atoms with E-state index in [2.05, 4.69) is 27.7 Å². The first-order valence-electron chi connectivity index (χ1n) is 7.35. The fourth-order valence-corrected chi connectivity index (χ4v) is 2.69. The molecule has 122 valence electrons. The first kappa shape index (κ1) is 17.2. The van der Waals surface area contributed by atoms with E-state index in [1.54, 1.807) is 12.1 Å². The van der Waals surface area contributed by atoms with E-state index in [1.807, 2.05) is 31.6 Å². The largest absolute Gasteiger partial charge is 0.350 e. The third-order valence-electron chi connectivity index (χ3n) is 3.17. The monoisotopic (exact) mass is 331 g/mol. The highest BCUT2D eigenvalue weighted by Crippen LogP contribution is 2.07. The number of hydrogen-bond donors (Lipinski definition) is 2. The summed E-state index contributed by atoms with van der Waals surface area (Å²) in [4.78, 5) is 26.2. The van der Waals surface area contributed by atoms with Gasteiger partial charge in [-0.2, -0.15) is 0 Å². The van der Waals surface area contributed by atoms with Gasteiger partial charge in [0.1, 0.15) is 0 Å². The van der Waals surface area contributed by atoms with Gasteiger partial charge in [0.15, 0.2) is 0 Å². The first-order chi connectivity index (χ1) is 11.0. The van der Waals surface area contributed by atoms with Crippen molar-refractivity contribution in [2.75, 3.05) is 20.6 Å². The van der Waals surface area contributed by atoms with Crippen LogP contribution in [0.25, 0.3) is 0 Å². The number of hydrogen-bond acceptors (Lipinski definition) is 4. The second kappa shape index (κ2) is 8.45. The maximum atomic E-state index is 11.8. The predicted molar refractivity (Wildman–Crippen MR) is 92.3 cm³/mol. The molecule has 0 aliphatic carbocycles. The minimum Gasteiger partial charge on any atom is -0.350 e. The maximum absolute atomic E-state index is 11.8. The van der Waals surface area contributed by atoms with Gasteiger partial charge >= 0.3 is 0 Å². The lowest BCUT2D eigenvalue weighted by molar-refractivity contribution is -0.120. The van der Waals surface area contributed by atoms with Crippen LogP contribution in [0.3, 0.4) is 0 Å². The highest BCUT2D eigenvalue weighted by molar-refractivity contribution is 7.12. The molecule has 6 heteroatoms. The second-order valence-corrected chi connectivity index (χ2v) is 6.44. The molecule has 2 aromatic rings. The van der Waals surface area contributed by atoms with E-state index in [-0.39, 0.29) is 18.4 Å². The number of benzene rings is 1. The maximum Gasteiger partial charge on any atom is 0.261 e. The molecule has 1 aromatic carbocycles. The molecule has 0 aliphatic heterocycles. The Morgan fingerprint density at radius 3 is 2.35 bits per heavy atom. The van der Waals surface area contributed by atoms with E-state index in [1.165, 1.54) is 16.9 Å². The molecule has 2 amide bonds. The lowest BCUT2D eigenvalue weighted by Crippen LogP contribution is -2.36. The summed E-state index contributed by atoms with van der Waals surface area (Å²) in [6, 6.07) is 11.7. The SMILES string of the molecule is CN(C)Cc1ccc(CNC(=O)CNC(=O)c2cccs2)cc1. The molecule has 0 saturated heterocycles. The molecule has 2 rings (SSSR count). The molecular weight excluding hydrogens is 310 g/mol. The van der Waals surface area contributed by atoms with Crippen molar-refractivity contribution in [1.29, 1.82) is 0 Å². The number of nitrogens with one attached hydrogen (secondary N) is 2. The lowest BCUT2D eigenvalue weighted by atomic mass is 10.1. The normalized spacial score (nSPS) is 10.6. The molecule has 0 spiro atoms. The van der Waals surface area contributed by atoms with Gasteiger partial charge in [0, 0.05) is 13.1 Å². The van der Waals surface area contributed by atoms with Crippen molar-refractivity contribution < 1.29 is 9.59 Å². The zero-order valence-corrected chi connectivity index (χ0v) is 14.2. The molecule has 0 fully saturated rings. The summed E-state index contributed by atoms with van der Waals surface area (Å²) in [5.41, 5.74) is 2.26. The van der Waals surface area contributed by atoms with Gasteiger partial charge in [-0.15, -0.1) is 11.3 Å². The fourth-order valence-electron chi connectivity index (χ4n) is 2.05. The summed E-state index contributed by atoms with van der Waals surface area (Å²) in [6.45, 7) is 1.33. The molecule has 0 aliphatic rings.